The Morgan fingerprint density at radius 3 is 2.41 bits per heavy atom. The highest BCUT2D eigenvalue weighted by atomic mass is 16.5. The molecule has 0 aromatic rings. The Bertz CT molecular complexity index is 220. The Hall–Kier alpha value is -0.120. The van der Waals surface area contributed by atoms with Crippen molar-refractivity contribution in [2.45, 2.75) is 70.2 Å². The standard InChI is InChI=1S/C14H27NO2/c1-4-6-13(5-2)17-14-7-11-9-16-10-12(8-14)15(11)3/h11-14H,4-10H2,1-3H3. The lowest BCUT2D eigenvalue weighted by Crippen LogP contribution is -2.56. The molecule has 2 saturated heterocycles. The average Bonchev–Trinajstić information content (AvgIpc) is 2.29. The van der Waals surface area contributed by atoms with Gasteiger partial charge in [0.25, 0.3) is 0 Å². The number of fused-ring (bicyclic) bond motifs is 2. The molecule has 0 N–H and O–H groups in total. The third kappa shape index (κ3) is 3.21. The molecule has 3 unspecified atom stereocenters. The van der Waals surface area contributed by atoms with Crippen LogP contribution in [-0.2, 0) is 9.47 Å². The van der Waals surface area contributed by atoms with Gasteiger partial charge in [-0.25, -0.2) is 0 Å². The van der Waals surface area contributed by atoms with Crippen molar-refractivity contribution in [1.29, 1.82) is 0 Å². The van der Waals surface area contributed by atoms with Crippen molar-refractivity contribution in [3.63, 3.8) is 0 Å². The highest BCUT2D eigenvalue weighted by molar-refractivity contribution is 4.90. The van der Waals surface area contributed by atoms with Crippen LogP contribution in [0.25, 0.3) is 0 Å². The first-order valence-corrected chi connectivity index (χ1v) is 7.19. The SMILES string of the molecule is CCCC(CC)OC1CC2COCC(C1)N2C. The molecule has 2 rings (SSSR count). The second-order valence-electron chi connectivity index (χ2n) is 5.56. The molecule has 100 valence electrons. The molecule has 0 aromatic carbocycles. The zero-order chi connectivity index (χ0) is 12.3. The number of nitrogens with zero attached hydrogens (tertiary/aromatic N) is 1. The number of morpholine rings is 1. The Kier molecular flexibility index (Phi) is 4.83. The van der Waals surface area contributed by atoms with Gasteiger partial charge in [-0.2, -0.15) is 0 Å². The third-order valence-corrected chi connectivity index (χ3v) is 4.29. The minimum atomic E-state index is 0.460. The van der Waals surface area contributed by atoms with Gasteiger partial charge in [0, 0.05) is 12.1 Å². The quantitative estimate of drug-likeness (QED) is 0.738. The minimum absolute atomic E-state index is 0.460. The molecule has 2 fully saturated rings. The van der Waals surface area contributed by atoms with E-state index in [0.29, 0.717) is 24.3 Å². The molecule has 0 aromatic heterocycles. The van der Waals surface area contributed by atoms with Crippen LogP contribution in [-0.4, -0.2) is 49.5 Å². The molecular weight excluding hydrogens is 214 g/mol. The Morgan fingerprint density at radius 1 is 1.24 bits per heavy atom. The summed E-state index contributed by atoms with van der Waals surface area (Å²) in [6, 6.07) is 1.15. The van der Waals surface area contributed by atoms with E-state index in [1.807, 2.05) is 0 Å². The summed E-state index contributed by atoms with van der Waals surface area (Å²) in [5.41, 5.74) is 0. The van der Waals surface area contributed by atoms with E-state index in [2.05, 4.69) is 25.8 Å². The second kappa shape index (κ2) is 6.17. The number of hydrogen-bond acceptors (Lipinski definition) is 3. The van der Waals surface area contributed by atoms with E-state index >= 15 is 0 Å². The largest absolute Gasteiger partial charge is 0.378 e. The Morgan fingerprint density at radius 2 is 1.88 bits per heavy atom. The lowest BCUT2D eigenvalue weighted by atomic mass is 9.92. The molecule has 2 aliphatic heterocycles. The van der Waals surface area contributed by atoms with E-state index in [1.165, 1.54) is 12.8 Å². The van der Waals surface area contributed by atoms with E-state index in [0.717, 1.165) is 32.5 Å². The minimum Gasteiger partial charge on any atom is -0.378 e. The molecule has 0 spiro atoms. The van der Waals surface area contributed by atoms with E-state index in [-0.39, 0.29) is 0 Å². The van der Waals surface area contributed by atoms with Crippen molar-refractivity contribution < 1.29 is 9.47 Å². The molecule has 17 heavy (non-hydrogen) atoms. The summed E-state index contributed by atoms with van der Waals surface area (Å²) in [5, 5.41) is 0. The molecule has 3 heteroatoms. The third-order valence-electron chi connectivity index (χ3n) is 4.29. The number of piperidine rings is 1. The van der Waals surface area contributed by atoms with Gasteiger partial charge in [0.05, 0.1) is 25.4 Å². The molecular formula is C14H27NO2. The van der Waals surface area contributed by atoms with Crippen LogP contribution >= 0.6 is 0 Å². The van der Waals surface area contributed by atoms with Crippen molar-refractivity contribution in [1.82, 2.24) is 4.90 Å². The summed E-state index contributed by atoms with van der Waals surface area (Å²) in [6.45, 7) is 6.25. The van der Waals surface area contributed by atoms with E-state index in [1.54, 1.807) is 0 Å². The molecule has 3 atom stereocenters. The van der Waals surface area contributed by atoms with Crippen LogP contribution in [0.15, 0.2) is 0 Å². The molecule has 2 aliphatic rings. The maximum atomic E-state index is 6.28. The predicted octanol–water partition coefficient (Wildman–Crippen LogP) is 2.44. The van der Waals surface area contributed by atoms with Crippen molar-refractivity contribution in [2.24, 2.45) is 0 Å². The molecule has 0 aliphatic carbocycles. The van der Waals surface area contributed by atoms with Gasteiger partial charge < -0.3 is 9.47 Å². The van der Waals surface area contributed by atoms with Crippen LogP contribution in [0.1, 0.15) is 46.0 Å². The number of ether oxygens (including phenoxy) is 2. The lowest BCUT2D eigenvalue weighted by molar-refractivity contribution is -0.126. The number of likely N-dealkylation sites (N-methyl/N-ethyl adjacent to an activating group) is 1. The van der Waals surface area contributed by atoms with Crippen molar-refractivity contribution >= 4 is 0 Å². The predicted molar refractivity (Wildman–Crippen MR) is 69.3 cm³/mol. The molecule has 2 heterocycles. The lowest BCUT2D eigenvalue weighted by Gasteiger charge is -2.47. The number of rotatable bonds is 5. The fourth-order valence-electron chi connectivity index (χ4n) is 3.12. The highest BCUT2D eigenvalue weighted by Crippen LogP contribution is 2.29. The van der Waals surface area contributed by atoms with Crippen LogP contribution in [0.2, 0.25) is 0 Å². The van der Waals surface area contributed by atoms with Gasteiger partial charge in [-0.3, -0.25) is 4.90 Å². The highest BCUT2D eigenvalue weighted by Gasteiger charge is 2.37. The smallest absolute Gasteiger partial charge is 0.0623 e. The Labute approximate surface area is 105 Å². The van der Waals surface area contributed by atoms with E-state index in [4.69, 9.17) is 9.47 Å². The van der Waals surface area contributed by atoms with Crippen LogP contribution in [0, 0.1) is 0 Å². The first-order valence-electron chi connectivity index (χ1n) is 7.19. The van der Waals surface area contributed by atoms with Gasteiger partial charge in [0.1, 0.15) is 0 Å². The summed E-state index contributed by atoms with van der Waals surface area (Å²) in [4.78, 5) is 2.49. The maximum absolute atomic E-state index is 6.28. The van der Waals surface area contributed by atoms with Crippen molar-refractivity contribution in [3.8, 4) is 0 Å². The number of hydrogen-bond donors (Lipinski definition) is 0. The topological polar surface area (TPSA) is 21.7 Å². The zero-order valence-electron chi connectivity index (χ0n) is 11.5. The summed E-state index contributed by atoms with van der Waals surface area (Å²) in [5.74, 6) is 0. The molecule has 0 amide bonds. The van der Waals surface area contributed by atoms with Crippen molar-refractivity contribution in [3.05, 3.63) is 0 Å². The summed E-state index contributed by atoms with van der Waals surface area (Å²) < 4.78 is 11.9. The average molecular weight is 241 g/mol. The fourth-order valence-corrected chi connectivity index (χ4v) is 3.12. The monoisotopic (exact) mass is 241 g/mol. The summed E-state index contributed by atoms with van der Waals surface area (Å²) in [6.07, 6.45) is 6.79. The van der Waals surface area contributed by atoms with Gasteiger partial charge in [-0.05, 0) is 32.7 Å². The normalized spacial score (nSPS) is 35.8. The van der Waals surface area contributed by atoms with Crippen LogP contribution in [0.4, 0.5) is 0 Å². The van der Waals surface area contributed by atoms with E-state index in [9.17, 15) is 0 Å². The second-order valence-corrected chi connectivity index (χ2v) is 5.56. The van der Waals surface area contributed by atoms with Gasteiger partial charge in [0.2, 0.25) is 0 Å². The molecule has 3 nitrogen and oxygen atoms in total. The first-order chi connectivity index (χ1) is 8.24. The summed E-state index contributed by atoms with van der Waals surface area (Å²) in [7, 11) is 2.23. The molecule has 2 bridgehead atoms. The van der Waals surface area contributed by atoms with Crippen LogP contribution in [0.3, 0.4) is 0 Å². The van der Waals surface area contributed by atoms with Crippen molar-refractivity contribution in [2.75, 3.05) is 20.3 Å². The maximum Gasteiger partial charge on any atom is 0.0623 e. The zero-order valence-corrected chi connectivity index (χ0v) is 11.5. The van der Waals surface area contributed by atoms with Crippen LogP contribution in [0.5, 0.6) is 0 Å². The summed E-state index contributed by atoms with van der Waals surface area (Å²) >= 11 is 0. The van der Waals surface area contributed by atoms with Gasteiger partial charge >= 0.3 is 0 Å². The van der Waals surface area contributed by atoms with Crippen LogP contribution < -0.4 is 0 Å². The first kappa shape index (κ1) is 13.3. The fraction of sp³-hybridized carbons (Fsp3) is 1.00. The van der Waals surface area contributed by atoms with Gasteiger partial charge in [-0.1, -0.05) is 20.3 Å². The Balaban J connectivity index is 1.86. The van der Waals surface area contributed by atoms with E-state index < -0.39 is 0 Å². The van der Waals surface area contributed by atoms with Gasteiger partial charge in [-0.15, -0.1) is 0 Å². The van der Waals surface area contributed by atoms with Gasteiger partial charge in [0.15, 0.2) is 0 Å². The molecule has 0 radical (unpaired) electrons. The molecule has 0 saturated carbocycles.